The van der Waals surface area contributed by atoms with Gasteiger partial charge in [0.25, 0.3) is 5.91 Å². The molecule has 1 N–H and O–H groups in total. The van der Waals surface area contributed by atoms with Crippen molar-refractivity contribution in [2.45, 2.75) is 0 Å². The second-order valence-corrected chi connectivity index (χ2v) is 5.54. The Bertz CT molecular complexity index is 781. The van der Waals surface area contributed by atoms with Gasteiger partial charge in [0, 0.05) is 24.7 Å². The van der Waals surface area contributed by atoms with E-state index >= 15 is 0 Å². The molecule has 0 aliphatic carbocycles. The van der Waals surface area contributed by atoms with Crippen LogP contribution in [0.25, 0.3) is 0 Å². The van der Waals surface area contributed by atoms with Crippen LogP contribution < -0.4 is 19.8 Å². The topological polar surface area (TPSA) is 85.5 Å². The molecule has 1 aliphatic rings. The van der Waals surface area contributed by atoms with Crippen molar-refractivity contribution in [2.75, 3.05) is 45.4 Å². The molecule has 1 aliphatic heterocycles. The van der Waals surface area contributed by atoms with E-state index in [0.717, 1.165) is 19.0 Å². The molecule has 2 heterocycles. The lowest BCUT2D eigenvalue weighted by molar-refractivity contribution is 0.0954. The third-order valence-electron chi connectivity index (χ3n) is 3.94. The Morgan fingerprint density at radius 2 is 1.92 bits per heavy atom. The van der Waals surface area contributed by atoms with Crippen molar-refractivity contribution in [1.29, 1.82) is 0 Å². The molecular weight excluding hydrogens is 338 g/mol. The van der Waals surface area contributed by atoms with Crippen molar-refractivity contribution in [1.82, 2.24) is 5.43 Å². The number of carbonyl (C=O) groups is 1. The molecule has 2 aromatic rings. The molecule has 8 heteroatoms. The highest BCUT2D eigenvalue weighted by atomic mass is 16.5. The SMILES string of the molecule is COc1ccc(C(=O)N/N=C\c2ccc(N3CCOCC3)o2)cc1OC. The van der Waals surface area contributed by atoms with E-state index in [-0.39, 0.29) is 5.91 Å². The summed E-state index contributed by atoms with van der Waals surface area (Å²) < 4.78 is 21.4. The molecule has 0 saturated carbocycles. The molecule has 0 radical (unpaired) electrons. The number of rotatable bonds is 6. The maximum Gasteiger partial charge on any atom is 0.271 e. The van der Waals surface area contributed by atoms with Gasteiger partial charge in [0.2, 0.25) is 0 Å². The minimum atomic E-state index is -0.359. The molecule has 26 heavy (non-hydrogen) atoms. The highest BCUT2D eigenvalue weighted by molar-refractivity contribution is 5.95. The van der Waals surface area contributed by atoms with E-state index in [1.54, 1.807) is 24.3 Å². The summed E-state index contributed by atoms with van der Waals surface area (Å²) in [5.41, 5.74) is 2.88. The fraction of sp³-hybridized carbons (Fsp3) is 0.333. The van der Waals surface area contributed by atoms with Crippen molar-refractivity contribution in [3.63, 3.8) is 0 Å². The van der Waals surface area contributed by atoms with Gasteiger partial charge in [-0.2, -0.15) is 5.10 Å². The van der Waals surface area contributed by atoms with Gasteiger partial charge < -0.3 is 23.5 Å². The van der Waals surface area contributed by atoms with Gasteiger partial charge in [-0.3, -0.25) is 4.79 Å². The number of furan rings is 1. The van der Waals surface area contributed by atoms with E-state index in [0.29, 0.717) is 36.0 Å². The Labute approximate surface area is 151 Å². The van der Waals surface area contributed by atoms with Crippen molar-refractivity contribution in [2.24, 2.45) is 5.10 Å². The zero-order valence-electron chi connectivity index (χ0n) is 14.7. The molecule has 8 nitrogen and oxygen atoms in total. The number of anilines is 1. The van der Waals surface area contributed by atoms with Gasteiger partial charge in [0.05, 0.1) is 33.6 Å². The van der Waals surface area contributed by atoms with E-state index in [1.807, 2.05) is 6.07 Å². The average molecular weight is 359 g/mol. The second kappa shape index (κ2) is 8.39. The van der Waals surface area contributed by atoms with E-state index in [9.17, 15) is 4.79 Å². The molecule has 1 saturated heterocycles. The quantitative estimate of drug-likeness (QED) is 0.626. The zero-order chi connectivity index (χ0) is 18.4. The van der Waals surface area contributed by atoms with Gasteiger partial charge in [-0.25, -0.2) is 5.43 Å². The van der Waals surface area contributed by atoms with Gasteiger partial charge in [-0.1, -0.05) is 0 Å². The normalized spacial score (nSPS) is 14.5. The fourth-order valence-electron chi connectivity index (χ4n) is 2.56. The number of amides is 1. The molecule has 0 atom stereocenters. The predicted octanol–water partition coefficient (Wildman–Crippen LogP) is 1.90. The summed E-state index contributed by atoms with van der Waals surface area (Å²) in [4.78, 5) is 14.3. The van der Waals surface area contributed by atoms with Crippen LogP contribution in [0.2, 0.25) is 0 Å². The lowest BCUT2D eigenvalue weighted by Crippen LogP contribution is -2.35. The summed E-state index contributed by atoms with van der Waals surface area (Å²) in [6, 6.07) is 8.57. The molecular formula is C18H21N3O5. The van der Waals surface area contributed by atoms with Gasteiger partial charge in [0.15, 0.2) is 17.4 Å². The van der Waals surface area contributed by atoms with Crippen molar-refractivity contribution in [3.05, 3.63) is 41.7 Å². The number of nitrogens with one attached hydrogen (secondary N) is 1. The fourth-order valence-corrected chi connectivity index (χ4v) is 2.56. The average Bonchev–Trinajstić information content (AvgIpc) is 3.17. The van der Waals surface area contributed by atoms with Gasteiger partial charge in [-0.05, 0) is 24.3 Å². The van der Waals surface area contributed by atoms with E-state index in [1.165, 1.54) is 20.4 Å². The third-order valence-corrected chi connectivity index (χ3v) is 3.94. The summed E-state index contributed by atoms with van der Waals surface area (Å²) in [6.45, 7) is 2.96. The van der Waals surface area contributed by atoms with Crippen molar-refractivity contribution in [3.8, 4) is 11.5 Å². The largest absolute Gasteiger partial charge is 0.493 e. The number of ether oxygens (including phenoxy) is 3. The molecule has 3 rings (SSSR count). The first-order chi connectivity index (χ1) is 12.7. The van der Waals surface area contributed by atoms with Crippen LogP contribution in [0.4, 0.5) is 5.88 Å². The van der Waals surface area contributed by atoms with Gasteiger partial charge in [0.1, 0.15) is 5.76 Å². The maximum atomic E-state index is 12.2. The number of nitrogens with zero attached hydrogens (tertiary/aromatic N) is 2. The monoisotopic (exact) mass is 359 g/mol. The van der Waals surface area contributed by atoms with Crippen LogP contribution in [0.1, 0.15) is 16.1 Å². The summed E-state index contributed by atoms with van der Waals surface area (Å²) >= 11 is 0. The van der Waals surface area contributed by atoms with Crippen LogP contribution in [0.5, 0.6) is 11.5 Å². The predicted molar refractivity (Wildman–Crippen MR) is 96.3 cm³/mol. The number of benzene rings is 1. The van der Waals surface area contributed by atoms with E-state index in [4.69, 9.17) is 18.6 Å². The number of methoxy groups -OCH3 is 2. The smallest absolute Gasteiger partial charge is 0.271 e. The van der Waals surface area contributed by atoms with E-state index in [2.05, 4.69) is 15.4 Å². The number of hydrogen-bond donors (Lipinski definition) is 1. The van der Waals surface area contributed by atoms with Crippen LogP contribution in [0, 0.1) is 0 Å². The van der Waals surface area contributed by atoms with Gasteiger partial charge >= 0.3 is 0 Å². The summed E-state index contributed by atoms with van der Waals surface area (Å²) in [5, 5.41) is 3.94. The second-order valence-electron chi connectivity index (χ2n) is 5.54. The molecule has 0 bridgehead atoms. The number of hydrazone groups is 1. The van der Waals surface area contributed by atoms with Crippen molar-refractivity contribution < 1.29 is 23.4 Å². The minimum Gasteiger partial charge on any atom is -0.493 e. The molecule has 1 amide bonds. The summed E-state index contributed by atoms with van der Waals surface area (Å²) in [5.74, 6) is 1.99. The highest BCUT2D eigenvalue weighted by Gasteiger charge is 2.14. The van der Waals surface area contributed by atoms with Crippen LogP contribution in [0.3, 0.4) is 0 Å². The lowest BCUT2D eigenvalue weighted by Gasteiger charge is -2.26. The van der Waals surface area contributed by atoms with Crippen molar-refractivity contribution >= 4 is 18.0 Å². The summed E-state index contributed by atoms with van der Waals surface area (Å²) in [6.07, 6.45) is 1.46. The molecule has 1 aromatic heterocycles. The highest BCUT2D eigenvalue weighted by Crippen LogP contribution is 2.27. The lowest BCUT2D eigenvalue weighted by atomic mass is 10.2. The summed E-state index contributed by atoms with van der Waals surface area (Å²) in [7, 11) is 3.05. The first kappa shape index (κ1) is 17.8. The van der Waals surface area contributed by atoms with Crippen LogP contribution in [-0.2, 0) is 4.74 Å². The Kier molecular flexibility index (Phi) is 5.75. The van der Waals surface area contributed by atoms with Gasteiger partial charge in [-0.15, -0.1) is 0 Å². The maximum absolute atomic E-state index is 12.2. The van der Waals surface area contributed by atoms with Crippen LogP contribution >= 0.6 is 0 Å². The number of carbonyl (C=O) groups excluding carboxylic acids is 1. The van der Waals surface area contributed by atoms with Crippen LogP contribution in [-0.4, -0.2) is 52.6 Å². The molecule has 0 spiro atoms. The Hall–Kier alpha value is -3.00. The number of morpholine rings is 1. The Morgan fingerprint density at radius 1 is 1.15 bits per heavy atom. The van der Waals surface area contributed by atoms with E-state index < -0.39 is 0 Å². The Morgan fingerprint density at radius 3 is 2.65 bits per heavy atom. The first-order valence-corrected chi connectivity index (χ1v) is 8.19. The standard InChI is InChI=1S/C18H21N3O5/c1-23-15-5-3-13(11-16(15)24-2)18(22)20-19-12-14-4-6-17(26-14)21-7-9-25-10-8-21/h3-6,11-12H,7-10H2,1-2H3,(H,20,22)/b19-12-. The first-order valence-electron chi connectivity index (χ1n) is 8.19. The molecule has 0 unspecified atom stereocenters. The Balaban J connectivity index is 1.60. The molecule has 138 valence electrons. The minimum absolute atomic E-state index is 0.359. The third kappa shape index (κ3) is 4.15. The molecule has 1 fully saturated rings. The molecule has 1 aromatic carbocycles. The number of hydrogen-bond acceptors (Lipinski definition) is 7. The zero-order valence-corrected chi connectivity index (χ0v) is 14.7. The van der Waals surface area contributed by atoms with Crippen LogP contribution in [0.15, 0.2) is 39.9 Å².